The first-order valence-electron chi connectivity index (χ1n) is 5.61. The van der Waals surface area contributed by atoms with Crippen LogP contribution in [0.2, 0.25) is 0 Å². The van der Waals surface area contributed by atoms with Crippen molar-refractivity contribution < 1.29 is 0 Å². The molecule has 2 heterocycles. The molecule has 0 amide bonds. The molecule has 0 fully saturated rings. The van der Waals surface area contributed by atoms with E-state index in [9.17, 15) is 4.91 Å². The SMILES string of the molecule is O=NN1CCN=C1Nc1ccc2nccnc2c1Br. The Hall–Kier alpha value is -2.09. The molecule has 1 N–H and O–H groups in total. The fourth-order valence-electron chi connectivity index (χ4n) is 1.84. The summed E-state index contributed by atoms with van der Waals surface area (Å²) in [5, 5.41) is 7.26. The first-order chi connectivity index (χ1) is 9.29. The van der Waals surface area contributed by atoms with E-state index in [4.69, 9.17) is 0 Å². The van der Waals surface area contributed by atoms with Gasteiger partial charge < -0.3 is 5.32 Å². The predicted molar refractivity (Wildman–Crippen MR) is 75.7 cm³/mol. The lowest BCUT2D eigenvalue weighted by Crippen LogP contribution is -2.28. The van der Waals surface area contributed by atoms with Crippen LogP contribution < -0.4 is 5.32 Å². The number of nitrogens with one attached hydrogen (secondary N) is 1. The van der Waals surface area contributed by atoms with Crippen LogP contribution in [-0.4, -0.2) is 34.0 Å². The molecule has 7 nitrogen and oxygen atoms in total. The number of fused-ring (bicyclic) bond motifs is 1. The highest BCUT2D eigenvalue weighted by atomic mass is 79.9. The van der Waals surface area contributed by atoms with Crippen molar-refractivity contribution in [1.29, 1.82) is 0 Å². The highest BCUT2D eigenvalue weighted by Gasteiger charge is 2.19. The molecule has 8 heteroatoms. The predicted octanol–water partition coefficient (Wildman–Crippen LogP) is 2.16. The van der Waals surface area contributed by atoms with Crippen LogP contribution in [0.3, 0.4) is 0 Å². The zero-order chi connectivity index (χ0) is 13.2. The van der Waals surface area contributed by atoms with Crippen LogP contribution in [-0.2, 0) is 0 Å². The van der Waals surface area contributed by atoms with Gasteiger partial charge in [-0.3, -0.25) is 9.97 Å². The second-order valence-electron chi connectivity index (χ2n) is 3.89. The number of nitroso groups, excluding NO2 is 1. The van der Waals surface area contributed by atoms with Gasteiger partial charge in [0.15, 0.2) is 0 Å². The summed E-state index contributed by atoms with van der Waals surface area (Å²) in [6.07, 6.45) is 3.27. The van der Waals surface area contributed by atoms with Gasteiger partial charge in [-0.25, -0.2) is 4.99 Å². The van der Waals surface area contributed by atoms with Crippen molar-refractivity contribution >= 4 is 38.6 Å². The summed E-state index contributed by atoms with van der Waals surface area (Å²) >= 11 is 3.48. The molecule has 0 saturated heterocycles. The van der Waals surface area contributed by atoms with E-state index in [1.807, 2.05) is 12.1 Å². The van der Waals surface area contributed by atoms with Crippen LogP contribution in [0.25, 0.3) is 11.0 Å². The van der Waals surface area contributed by atoms with Crippen LogP contribution >= 0.6 is 15.9 Å². The van der Waals surface area contributed by atoms with E-state index >= 15 is 0 Å². The molecule has 0 saturated carbocycles. The maximum absolute atomic E-state index is 10.6. The minimum absolute atomic E-state index is 0.443. The molecule has 19 heavy (non-hydrogen) atoms. The van der Waals surface area contributed by atoms with E-state index in [0.29, 0.717) is 19.0 Å². The number of hydrogen-bond acceptors (Lipinski definition) is 6. The van der Waals surface area contributed by atoms with E-state index in [-0.39, 0.29) is 0 Å². The maximum Gasteiger partial charge on any atom is 0.222 e. The third kappa shape index (κ3) is 2.14. The highest BCUT2D eigenvalue weighted by Crippen LogP contribution is 2.29. The molecule has 0 aliphatic carbocycles. The average molecular weight is 321 g/mol. The second kappa shape index (κ2) is 4.88. The van der Waals surface area contributed by atoms with E-state index in [1.54, 1.807) is 12.4 Å². The molecule has 0 radical (unpaired) electrons. The summed E-state index contributed by atoms with van der Waals surface area (Å²) in [5.74, 6) is 0.443. The van der Waals surface area contributed by atoms with E-state index in [1.165, 1.54) is 5.01 Å². The van der Waals surface area contributed by atoms with Gasteiger partial charge in [0.25, 0.3) is 0 Å². The van der Waals surface area contributed by atoms with Crippen molar-refractivity contribution in [3.05, 3.63) is 33.9 Å². The number of guanidine groups is 1. The van der Waals surface area contributed by atoms with Gasteiger partial charge in [-0.05, 0) is 28.1 Å². The van der Waals surface area contributed by atoms with Crippen molar-refractivity contribution in [2.75, 3.05) is 18.4 Å². The van der Waals surface area contributed by atoms with E-state index < -0.39 is 0 Å². The smallest absolute Gasteiger partial charge is 0.222 e. The number of halogens is 1. The number of benzene rings is 1. The van der Waals surface area contributed by atoms with Gasteiger partial charge in [-0.2, -0.15) is 5.01 Å². The quantitative estimate of drug-likeness (QED) is 0.857. The van der Waals surface area contributed by atoms with Crippen LogP contribution in [0, 0.1) is 4.91 Å². The molecule has 0 unspecified atom stereocenters. The molecule has 1 aliphatic rings. The van der Waals surface area contributed by atoms with Gasteiger partial charge in [0.1, 0.15) is 5.52 Å². The number of hydrogen-bond donors (Lipinski definition) is 1. The minimum atomic E-state index is 0.443. The lowest BCUT2D eigenvalue weighted by Gasteiger charge is -2.13. The van der Waals surface area contributed by atoms with Crippen LogP contribution in [0.5, 0.6) is 0 Å². The first-order valence-corrected chi connectivity index (χ1v) is 6.40. The lowest BCUT2D eigenvalue weighted by molar-refractivity contribution is 0.481. The van der Waals surface area contributed by atoms with Crippen LogP contribution in [0.1, 0.15) is 0 Å². The van der Waals surface area contributed by atoms with E-state index in [2.05, 4.69) is 41.5 Å². The molecule has 0 atom stereocenters. The van der Waals surface area contributed by atoms with Crippen molar-refractivity contribution in [1.82, 2.24) is 15.0 Å². The number of rotatable bonds is 2. The summed E-state index contributed by atoms with van der Waals surface area (Å²) in [6, 6.07) is 3.70. The van der Waals surface area contributed by atoms with Crippen molar-refractivity contribution in [2.45, 2.75) is 0 Å². The Morgan fingerprint density at radius 3 is 3.00 bits per heavy atom. The summed E-state index contributed by atoms with van der Waals surface area (Å²) in [6.45, 7) is 1.05. The van der Waals surface area contributed by atoms with Gasteiger partial charge in [0.05, 0.1) is 34.1 Å². The summed E-state index contributed by atoms with van der Waals surface area (Å²) in [7, 11) is 0. The lowest BCUT2D eigenvalue weighted by atomic mass is 10.2. The Bertz CT molecular complexity index is 673. The minimum Gasteiger partial charge on any atom is -0.324 e. The van der Waals surface area contributed by atoms with Gasteiger partial charge >= 0.3 is 0 Å². The number of aromatic nitrogens is 2. The Morgan fingerprint density at radius 1 is 1.32 bits per heavy atom. The standard InChI is InChI=1S/C11H9BrN6O/c12-9-7(16-11-15-5-6-18(11)17-19)1-2-8-10(9)14-4-3-13-8/h1-4H,5-6H2,(H,15,16). The summed E-state index contributed by atoms with van der Waals surface area (Å²) in [5.41, 5.74) is 2.30. The number of nitrogens with zero attached hydrogens (tertiary/aromatic N) is 5. The maximum atomic E-state index is 10.6. The van der Waals surface area contributed by atoms with Gasteiger partial charge in [0.2, 0.25) is 5.96 Å². The Labute approximate surface area is 116 Å². The van der Waals surface area contributed by atoms with Gasteiger partial charge in [-0.1, -0.05) is 0 Å². The average Bonchev–Trinajstić information content (AvgIpc) is 2.89. The highest BCUT2D eigenvalue weighted by molar-refractivity contribution is 9.10. The normalized spacial score (nSPS) is 14.6. The van der Waals surface area contributed by atoms with Crippen molar-refractivity contribution in [3.63, 3.8) is 0 Å². The topological polar surface area (TPSA) is 82.8 Å². The molecule has 3 rings (SSSR count). The van der Waals surface area contributed by atoms with Crippen LogP contribution in [0.15, 0.2) is 39.3 Å². The zero-order valence-corrected chi connectivity index (χ0v) is 11.3. The van der Waals surface area contributed by atoms with Crippen molar-refractivity contribution in [2.24, 2.45) is 10.3 Å². The molecule has 2 aromatic rings. The first kappa shape index (κ1) is 12.0. The monoisotopic (exact) mass is 320 g/mol. The molecule has 1 aromatic heterocycles. The fourth-order valence-corrected chi connectivity index (χ4v) is 2.38. The van der Waals surface area contributed by atoms with E-state index in [0.717, 1.165) is 21.2 Å². The molecule has 1 aliphatic heterocycles. The van der Waals surface area contributed by atoms with Gasteiger partial charge in [0, 0.05) is 12.4 Å². The van der Waals surface area contributed by atoms with Crippen molar-refractivity contribution in [3.8, 4) is 0 Å². The fraction of sp³-hybridized carbons (Fsp3) is 0.182. The zero-order valence-electron chi connectivity index (χ0n) is 9.75. The third-order valence-electron chi connectivity index (χ3n) is 2.74. The molecule has 0 spiro atoms. The second-order valence-corrected chi connectivity index (χ2v) is 4.68. The number of anilines is 1. The number of aliphatic imine (C=N–C) groups is 1. The molecule has 0 bridgehead atoms. The largest absolute Gasteiger partial charge is 0.324 e. The Balaban J connectivity index is 1.97. The summed E-state index contributed by atoms with van der Waals surface area (Å²) < 4.78 is 0.776. The molecular weight excluding hydrogens is 312 g/mol. The summed E-state index contributed by atoms with van der Waals surface area (Å²) in [4.78, 5) is 23.3. The molecule has 1 aromatic carbocycles. The van der Waals surface area contributed by atoms with Gasteiger partial charge in [-0.15, -0.1) is 4.91 Å². The van der Waals surface area contributed by atoms with Crippen LogP contribution in [0.4, 0.5) is 5.69 Å². The molecule has 96 valence electrons. The third-order valence-corrected chi connectivity index (χ3v) is 3.54. The Morgan fingerprint density at radius 2 is 2.16 bits per heavy atom. The molecular formula is C11H9BrN6O. The Kier molecular flexibility index (Phi) is 3.08.